The lowest BCUT2D eigenvalue weighted by Crippen LogP contribution is -2.28. The van der Waals surface area contributed by atoms with E-state index in [-0.39, 0.29) is 6.10 Å². The van der Waals surface area contributed by atoms with E-state index in [1.165, 1.54) is 5.56 Å². The van der Waals surface area contributed by atoms with Crippen molar-refractivity contribution in [3.8, 4) is 5.75 Å². The summed E-state index contributed by atoms with van der Waals surface area (Å²) in [6.45, 7) is 9.38. The van der Waals surface area contributed by atoms with Crippen LogP contribution in [0.3, 0.4) is 0 Å². The van der Waals surface area contributed by atoms with Crippen molar-refractivity contribution in [2.45, 2.75) is 39.5 Å². The van der Waals surface area contributed by atoms with Gasteiger partial charge in [0.25, 0.3) is 0 Å². The SMILES string of the molecule is CC(C)Oc1cccc(CN2CC(C)C(N)C2)c1. The van der Waals surface area contributed by atoms with E-state index in [1.54, 1.807) is 0 Å². The Hall–Kier alpha value is -1.06. The average Bonchev–Trinajstić information content (AvgIpc) is 2.57. The summed E-state index contributed by atoms with van der Waals surface area (Å²) in [7, 11) is 0. The molecule has 18 heavy (non-hydrogen) atoms. The third-order valence-corrected chi connectivity index (χ3v) is 3.42. The molecule has 2 atom stereocenters. The number of nitrogens with two attached hydrogens (primary N) is 1. The number of rotatable bonds is 4. The van der Waals surface area contributed by atoms with Crippen molar-refractivity contribution < 1.29 is 4.74 Å². The number of nitrogens with zero attached hydrogens (tertiary/aromatic N) is 1. The van der Waals surface area contributed by atoms with Crippen molar-refractivity contribution in [1.82, 2.24) is 4.90 Å². The zero-order valence-corrected chi connectivity index (χ0v) is 11.6. The van der Waals surface area contributed by atoms with Gasteiger partial charge in [0.1, 0.15) is 5.75 Å². The molecule has 0 bridgehead atoms. The highest BCUT2D eigenvalue weighted by molar-refractivity contribution is 5.28. The third-order valence-electron chi connectivity index (χ3n) is 3.42. The summed E-state index contributed by atoms with van der Waals surface area (Å²) in [5.74, 6) is 1.55. The highest BCUT2D eigenvalue weighted by atomic mass is 16.5. The molecule has 1 aliphatic heterocycles. The Morgan fingerprint density at radius 1 is 1.39 bits per heavy atom. The standard InChI is InChI=1S/C15H24N2O/c1-11(2)18-14-6-4-5-13(7-14)9-17-8-12(3)15(16)10-17/h4-7,11-12,15H,8-10,16H2,1-3H3. The van der Waals surface area contributed by atoms with Gasteiger partial charge in [0.15, 0.2) is 0 Å². The van der Waals surface area contributed by atoms with Gasteiger partial charge in [-0.15, -0.1) is 0 Å². The van der Waals surface area contributed by atoms with E-state index in [2.05, 4.69) is 30.0 Å². The largest absolute Gasteiger partial charge is 0.491 e. The number of hydrogen-bond donors (Lipinski definition) is 1. The van der Waals surface area contributed by atoms with Gasteiger partial charge in [-0.25, -0.2) is 0 Å². The summed E-state index contributed by atoms with van der Waals surface area (Å²) < 4.78 is 5.72. The van der Waals surface area contributed by atoms with Crippen LogP contribution in [0.1, 0.15) is 26.3 Å². The molecule has 0 amide bonds. The third kappa shape index (κ3) is 3.47. The first kappa shape index (κ1) is 13.4. The Kier molecular flexibility index (Phi) is 4.25. The number of ether oxygens (including phenoxy) is 1. The molecular formula is C15H24N2O. The Morgan fingerprint density at radius 2 is 2.17 bits per heavy atom. The molecule has 2 rings (SSSR count). The highest BCUT2D eigenvalue weighted by Crippen LogP contribution is 2.20. The van der Waals surface area contributed by atoms with E-state index in [1.807, 2.05) is 19.9 Å². The average molecular weight is 248 g/mol. The normalized spacial score (nSPS) is 24.7. The van der Waals surface area contributed by atoms with Crippen molar-refractivity contribution in [2.24, 2.45) is 11.7 Å². The summed E-state index contributed by atoms with van der Waals surface area (Å²) >= 11 is 0. The van der Waals surface area contributed by atoms with Gasteiger partial charge in [-0.1, -0.05) is 19.1 Å². The van der Waals surface area contributed by atoms with E-state index >= 15 is 0 Å². The fourth-order valence-corrected chi connectivity index (χ4v) is 2.47. The molecule has 1 heterocycles. The van der Waals surface area contributed by atoms with Crippen LogP contribution in [0.5, 0.6) is 5.75 Å². The quantitative estimate of drug-likeness (QED) is 0.888. The van der Waals surface area contributed by atoms with Gasteiger partial charge in [-0.05, 0) is 37.5 Å². The molecule has 1 aromatic rings. The minimum Gasteiger partial charge on any atom is -0.491 e. The Bertz CT molecular complexity index is 382. The van der Waals surface area contributed by atoms with E-state index in [9.17, 15) is 0 Å². The minimum atomic E-state index is 0.223. The summed E-state index contributed by atoms with van der Waals surface area (Å²) in [6.07, 6.45) is 0.223. The predicted octanol–water partition coefficient (Wildman–Crippen LogP) is 2.25. The van der Waals surface area contributed by atoms with Crippen molar-refractivity contribution in [2.75, 3.05) is 13.1 Å². The summed E-state index contributed by atoms with van der Waals surface area (Å²) in [5.41, 5.74) is 7.35. The number of benzene rings is 1. The second-order valence-corrected chi connectivity index (χ2v) is 5.65. The maximum absolute atomic E-state index is 6.05. The minimum absolute atomic E-state index is 0.223. The molecule has 0 radical (unpaired) electrons. The predicted molar refractivity (Wildman–Crippen MR) is 74.6 cm³/mol. The lowest BCUT2D eigenvalue weighted by atomic mass is 10.1. The first-order chi connectivity index (χ1) is 8.54. The Morgan fingerprint density at radius 3 is 2.78 bits per heavy atom. The number of hydrogen-bond acceptors (Lipinski definition) is 3. The lowest BCUT2D eigenvalue weighted by molar-refractivity contribution is 0.241. The molecule has 0 aromatic heterocycles. The monoisotopic (exact) mass is 248 g/mol. The molecule has 0 saturated carbocycles. The molecule has 0 spiro atoms. The van der Waals surface area contributed by atoms with E-state index in [0.717, 1.165) is 25.4 Å². The molecule has 1 saturated heterocycles. The van der Waals surface area contributed by atoms with Gasteiger partial charge >= 0.3 is 0 Å². The van der Waals surface area contributed by atoms with Crippen LogP contribution in [0.15, 0.2) is 24.3 Å². The van der Waals surface area contributed by atoms with E-state index in [0.29, 0.717) is 12.0 Å². The smallest absolute Gasteiger partial charge is 0.120 e. The van der Waals surface area contributed by atoms with E-state index in [4.69, 9.17) is 10.5 Å². The summed E-state index contributed by atoms with van der Waals surface area (Å²) in [5, 5.41) is 0. The molecular weight excluding hydrogens is 224 g/mol. The molecule has 1 aromatic carbocycles. The van der Waals surface area contributed by atoms with E-state index < -0.39 is 0 Å². The van der Waals surface area contributed by atoms with Crippen LogP contribution in [0, 0.1) is 5.92 Å². The Labute approximate surface area is 110 Å². The lowest BCUT2D eigenvalue weighted by Gasteiger charge is -2.16. The van der Waals surface area contributed by atoms with Gasteiger partial charge in [-0.2, -0.15) is 0 Å². The molecule has 1 aliphatic rings. The van der Waals surface area contributed by atoms with Crippen LogP contribution < -0.4 is 10.5 Å². The molecule has 3 heteroatoms. The topological polar surface area (TPSA) is 38.5 Å². The van der Waals surface area contributed by atoms with Crippen molar-refractivity contribution in [1.29, 1.82) is 0 Å². The molecule has 3 nitrogen and oxygen atoms in total. The number of likely N-dealkylation sites (tertiary alicyclic amines) is 1. The van der Waals surface area contributed by atoms with Crippen LogP contribution in [-0.4, -0.2) is 30.1 Å². The van der Waals surface area contributed by atoms with Gasteiger partial charge in [0, 0.05) is 25.7 Å². The van der Waals surface area contributed by atoms with Crippen LogP contribution in [0.25, 0.3) is 0 Å². The molecule has 0 aliphatic carbocycles. The second kappa shape index (κ2) is 5.72. The van der Waals surface area contributed by atoms with Gasteiger partial charge in [0.2, 0.25) is 0 Å². The van der Waals surface area contributed by atoms with Crippen LogP contribution in [0.2, 0.25) is 0 Å². The highest BCUT2D eigenvalue weighted by Gasteiger charge is 2.26. The van der Waals surface area contributed by atoms with Crippen molar-refractivity contribution in [3.05, 3.63) is 29.8 Å². The molecule has 1 fully saturated rings. The Balaban J connectivity index is 1.97. The fraction of sp³-hybridized carbons (Fsp3) is 0.600. The van der Waals surface area contributed by atoms with Crippen molar-refractivity contribution in [3.63, 3.8) is 0 Å². The van der Waals surface area contributed by atoms with Gasteiger partial charge < -0.3 is 10.5 Å². The fourth-order valence-electron chi connectivity index (χ4n) is 2.47. The van der Waals surface area contributed by atoms with Crippen molar-refractivity contribution >= 4 is 0 Å². The van der Waals surface area contributed by atoms with Crippen LogP contribution in [0.4, 0.5) is 0 Å². The first-order valence-corrected chi connectivity index (χ1v) is 6.78. The molecule has 2 N–H and O–H groups in total. The zero-order valence-electron chi connectivity index (χ0n) is 11.6. The van der Waals surface area contributed by atoms with Crippen LogP contribution in [-0.2, 0) is 6.54 Å². The molecule has 100 valence electrons. The second-order valence-electron chi connectivity index (χ2n) is 5.65. The summed E-state index contributed by atoms with van der Waals surface area (Å²) in [4.78, 5) is 2.42. The maximum Gasteiger partial charge on any atom is 0.120 e. The zero-order chi connectivity index (χ0) is 13.1. The van der Waals surface area contributed by atoms with Crippen LogP contribution >= 0.6 is 0 Å². The molecule has 2 unspecified atom stereocenters. The van der Waals surface area contributed by atoms with Gasteiger partial charge in [0.05, 0.1) is 6.10 Å². The summed E-state index contributed by atoms with van der Waals surface area (Å²) in [6, 6.07) is 8.69. The maximum atomic E-state index is 6.05. The first-order valence-electron chi connectivity index (χ1n) is 6.78. The van der Waals surface area contributed by atoms with Gasteiger partial charge in [-0.3, -0.25) is 4.90 Å².